The molecule has 6 heteroatoms. The fourth-order valence-corrected chi connectivity index (χ4v) is 1.77. The van der Waals surface area contributed by atoms with Gasteiger partial charge in [0.05, 0.1) is 38.8 Å². The molecule has 1 rings (SSSR count). The average molecular weight is 288 g/mol. The van der Waals surface area contributed by atoms with E-state index in [4.69, 9.17) is 9.47 Å². The highest BCUT2D eigenvalue weighted by Crippen LogP contribution is 2.02. The second-order valence-electron chi connectivity index (χ2n) is 4.21. The van der Waals surface area contributed by atoms with Crippen molar-refractivity contribution in [2.75, 3.05) is 26.1 Å². The third-order valence-corrected chi connectivity index (χ3v) is 2.84. The highest BCUT2D eigenvalue weighted by atomic mass is 32.2. The zero-order valence-corrected chi connectivity index (χ0v) is 12.1. The van der Waals surface area contributed by atoms with Crippen molar-refractivity contribution < 1.29 is 22.1 Å². The van der Waals surface area contributed by atoms with E-state index in [0.29, 0.717) is 13.2 Å². The van der Waals surface area contributed by atoms with Crippen molar-refractivity contribution in [3.63, 3.8) is 0 Å². The summed E-state index contributed by atoms with van der Waals surface area (Å²) in [7, 11) is -3.39. The molecule has 1 aromatic carbocycles. The van der Waals surface area contributed by atoms with E-state index in [9.17, 15) is 8.42 Å². The van der Waals surface area contributed by atoms with Crippen LogP contribution in [0.3, 0.4) is 0 Å². The number of hydrogen-bond donors (Lipinski definition) is 0. The maximum atomic E-state index is 10.7. The van der Waals surface area contributed by atoms with Gasteiger partial charge in [0.2, 0.25) is 0 Å². The van der Waals surface area contributed by atoms with Crippen LogP contribution in [0.15, 0.2) is 30.3 Å². The van der Waals surface area contributed by atoms with Gasteiger partial charge < -0.3 is 9.47 Å². The van der Waals surface area contributed by atoms with Crippen LogP contribution in [0, 0.1) is 0 Å². The molecular weight excluding hydrogens is 268 g/mol. The van der Waals surface area contributed by atoms with Gasteiger partial charge in [-0.3, -0.25) is 4.18 Å². The third-order valence-electron chi connectivity index (χ3n) is 2.25. The van der Waals surface area contributed by atoms with Crippen LogP contribution in [0.25, 0.3) is 0 Å². The van der Waals surface area contributed by atoms with Crippen LogP contribution >= 0.6 is 0 Å². The van der Waals surface area contributed by atoms with Gasteiger partial charge in [0.15, 0.2) is 0 Å². The zero-order valence-electron chi connectivity index (χ0n) is 11.2. The minimum atomic E-state index is -3.39. The monoisotopic (exact) mass is 288 g/mol. The minimum absolute atomic E-state index is 0.0296. The summed E-state index contributed by atoms with van der Waals surface area (Å²) in [4.78, 5) is 0. The van der Waals surface area contributed by atoms with E-state index in [0.717, 1.165) is 11.8 Å². The van der Waals surface area contributed by atoms with Gasteiger partial charge in [-0.05, 0) is 12.5 Å². The molecule has 5 nitrogen and oxygen atoms in total. The molecule has 0 N–H and O–H groups in total. The maximum Gasteiger partial charge on any atom is 0.264 e. The van der Waals surface area contributed by atoms with Gasteiger partial charge in [0.25, 0.3) is 10.1 Å². The molecule has 1 aromatic rings. The van der Waals surface area contributed by atoms with Crippen LogP contribution in [-0.4, -0.2) is 40.6 Å². The molecule has 108 valence electrons. The molecule has 1 atom stereocenters. The first-order valence-electron chi connectivity index (χ1n) is 6.05. The Bertz CT molecular complexity index is 443. The van der Waals surface area contributed by atoms with Crippen molar-refractivity contribution in [2.24, 2.45) is 0 Å². The molecule has 0 aromatic heterocycles. The Labute approximate surface area is 114 Å². The van der Waals surface area contributed by atoms with Crippen molar-refractivity contribution in [2.45, 2.75) is 19.6 Å². The summed E-state index contributed by atoms with van der Waals surface area (Å²) >= 11 is 0. The Kier molecular flexibility index (Phi) is 7.01. The summed E-state index contributed by atoms with van der Waals surface area (Å²) in [6.45, 7) is 3.11. The molecule has 0 fully saturated rings. The zero-order chi connectivity index (χ0) is 14.1. The fraction of sp³-hybridized carbons (Fsp3) is 0.538. The molecule has 0 spiro atoms. The summed E-state index contributed by atoms with van der Waals surface area (Å²) in [6.07, 6.45) is 0.909. The lowest BCUT2D eigenvalue weighted by Gasteiger charge is -2.13. The van der Waals surface area contributed by atoms with Crippen molar-refractivity contribution in [1.82, 2.24) is 0 Å². The second kappa shape index (κ2) is 8.27. The molecule has 0 radical (unpaired) electrons. The average Bonchev–Trinajstić information content (AvgIpc) is 2.35. The predicted molar refractivity (Wildman–Crippen MR) is 72.3 cm³/mol. The van der Waals surface area contributed by atoms with Crippen molar-refractivity contribution >= 4 is 10.1 Å². The van der Waals surface area contributed by atoms with Gasteiger partial charge in [-0.2, -0.15) is 8.42 Å². The summed E-state index contributed by atoms with van der Waals surface area (Å²) in [6, 6.07) is 9.86. The van der Waals surface area contributed by atoms with Crippen molar-refractivity contribution in [3.05, 3.63) is 35.9 Å². The summed E-state index contributed by atoms with van der Waals surface area (Å²) < 4.78 is 36.8. The SMILES string of the molecule is C[C@H](COCc1ccccc1)OCCOS(C)(=O)=O. The number of benzene rings is 1. The third kappa shape index (κ3) is 8.72. The largest absolute Gasteiger partial charge is 0.374 e. The molecule has 0 aliphatic heterocycles. The van der Waals surface area contributed by atoms with Crippen molar-refractivity contribution in [1.29, 1.82) is 0 Å². The van der Waals surface area contributed by atoms with Gasteiger partial charge in [0, 0.05) is 0 Å². The molecule has 0 bridgehead atoms. The molecule has 0 heterocycles. The summed E-state index contributed by atoms with van der Waals surface area (Å²) in [5, 5.41) is 0. The number of hydrogen-bond acceptors (Lipinski definition) is 5. The predicted octanol–water partition coefficient (Wildman–Crippen LogP) is 1.58. The standard InChI is InChI=1S/C13H20O5S/c1-12(17-8-9-18-19(2,14)15)10-16-11-13-6-4-3-5-7-13/h3-7,12H,8-11H2,1-2H3/t12-/m1/s1. The summed E-state index contributed by atoms with van der Waals surface area (Å²) in [5.41, 5.74) is 1.11. The molecule has 0 aliphatic carbocycles. The summed E-state index contributed by atoms with van der Waals surface area (Å²) in [5.74, 6) is 0. The maximum absolute atomic E-state index is 10.7. The number of rotatable bonds is 9. The molecule has 0 saturated carbocycles. The molecular formula is C13H20O5S. The Hall–Kier alpha value is -0.950. The van der Waals surface area contributed by atoms with Crippen LogP contribution in [0.4, 0.5) is 0 Å². The molecule has 0 saturated heterocycles. The Morgan fingerprint density at radius 2 is 1.84 bits per heavy atom. The van der Waals surface area contributed by atoms with Crippen LogP contribution in [0.5, 0.6) is 0 Å². The Morgan fingerprint density at radius 1 is 1.16 bits per heavy atom. The normalized spacial score (nSPS) is 13.4. The van der Waals surface area contributed by atoms with Gasteiger partial charge in [-0.25, -0.2) is 0 Å². The van der Waals surface area contributed by atoms with Crippen LogP contribution in [0.1, 0.15) is 12.5 Å². The first-order chi connectivity index (χ1) is 8.97. The molecule has 0 amide bonds. The molecule has 0 aliphatic rings. The number of ether oxygens (including phenoxy) is 2. The molecule has 0 unspecified atom stereocenters. The Morgan fingerprint density at radius 3 is 2.47 bits per heavy atom. The Balaban J connectivity index is 2.07. The fourth-order valence-electron chi connectivity index (χ4n) is 1.40. The van der Waals surface area contributed by atoms with Crippen LogP contribution in [-0.2, 0) is 30.4 Å². The van der Waals surface area contributed by atoms with Crippen molar-refractivity contribution in [3.8, 4) is 0 Å². The van der Waals surface area contributed by atoms with E-state index in [-0.39, 0.29) is 19.3 Å². The lowest BCUT2D eigenvalue weighted by molar-refractivity contribution is -0.0198. The van der Waals surface area contributed by atoms with Gasteiger partial charge in [0.1, 0.15) is 0 Å². The van der Waals surface area contributed by atoms with Gasteiger partial charge in [-0.1, -0.05) is 30.3 Å². The van der Waals surface area contributed by atoms with E-state index in [1.165, 1.54) is 0 Å². The highest BCUT2D eigenvalue weighted by Gasteiger charge is 2.05. The second-order valence-corrected chi connectivity index (χ2v) is 5.85. The minimum Gasteiger partial charge on any atom is -0.374 e. The highest BCUT2D eigenvalue weighted by molar-refractivity contribution is 7.85. The first kappa shape index (κ1) is 16.1. The molecule has 19 heavy (non-hydrogen) atoms. The quantitative estimate of drug-likeness (QED) is 0.510. The topological polar surface area (TPSA) is 61.8 Å². The van der Waals surface area contributed by atoms with E-state index >= 15 is 0 Å². The van der Waals surface area contributed by atoms with E-state index in [1.807, 2.05) is 37.3 Å². The van der Waals surface area contributed by atoms with Gasteiger partial charge >= 0.3 is 0 Å². The van der Waals surface area contributed by atoms with E-state index < -0.39 is 10.1 Å². The van der Waals surface area contributed by atoms with E-state index in [1.54, 1.807) is 0 Å². The first-order valence-corrected chi connectivity index (χ1v) is 7.86. The van der Waals surface area contributed by atoms with Gasteiger partial charge in [-0.15, -0.1) is 0 Å². The lowest BCUT2D eigenvalue weighted by Crippen LogP contribution is -2.19. The van der Waals surface area contributed by atoms with Crippen LogP contribution in [0.2, 0.25) is 0 Å². The van der Waals surface area contributed by atoms with E-state index in [2.05, 4.69) is 4.18 Å². The lowest BCUT2D eigenvalue weighted by atomic mass is 10.2. The van der Waals surface area contributed by atoms with Crippen LogP contribution < -0.4 is 0 Å². The smallest absolute Gasteiger partial charge is 0.264 e.